The molecule has 0 fully saturated rings. The predicted molar refractivity (Wildman–Crippen MR) is 45.0 cm³/mol. The van der Waals surface area contributed by atoms with Crippen molar-refractivity contribution in [3.8, 4) is 12.3 Å². The van der Waals surface area contributed by atoms with Gasteiger partial charge in [0.05, 0.1) is 11.7 Å². The standard InChI is InChI=1S/C9H16O2/c1-4-5-6-7-8(10)9(2,3)11/h1,8,10-11H,5-7H2,2-3H3. The number of unbranched alkanes of at least 4 members (excludes halogenated alkanes) is 1. The summed E-state index contributed by atoms with van der Waals surface area (Å²) < 4.78 is 0. The van der Waals surface area contributed by atoms with Gasteiger partial charge in [0.2, 0.25) is 0 Å². The SMILES string of the molecule is C#CCCCC(O)C(C)(C)O. The zero-order valence-electron chi connectivity index (χ0n) is 7.17. The van der Waals surface area contributed by atoms with Crippen LogP contribution >= 0.6 is 0 Å². The van der Waals surface area contributed by atoms with Crippen molar-refractivity contribution in [1.29, 1.82) is 0 Å². The van der Waals surface area contributed by atoms with E-state index in [4.69, 9.17) is 6.42 Å². The van der Waals surface area contributed by atoms with Crippen molar-refractivity contribution >= 4 is 0 Å². The lowest BCUT2D eigenvalue weighted by molar-refractivity contribution is -0.0518. The molecule has 0 aromatic heterocycles. The van der Waals surface area contributed by atoms with Crippen LogP contribution in [0.4, 0.5) is 0 Å². The average Bonchev–Trinajstić information content (AvgIpc) is 1.86. The third-order valence-corrected chi connectivity index (χ3v) is 1.61. The zero-order valence-corrected chi connectivity index (χ0v) is 7.17. The zero-order chi connectivity index (χ0) is 8.91. The molecule has 0 aromatic rings. The Balaban J connectivity index is 3.55. The average molecular weight is 156 g/mol. The Kier molecular flexibility index (Phi) is 4.17. The van der Waals surface area contributed by atoms with Crippen molar-refractivity contribution in [3.05, 3.63) is 0 Å². The Bertz CT molecular complexity index is 139. The molecule has 11 heavy (non-hydrogen) atoms. The summed E-state index contributed by atoms with van der Waals surface area (Å²) in [6, 6.07) is 0. The number of rotatable bonds is 4. The van der Waals surface area contributed by atoms with Crippen LogP contribution in [-0.2, 0) is 0 Å². The van der Waals surface area contributed by atoms with E-state index in [1.807, 2.05) is 0 Å². The molecule has 2 heteroatoms. The Morgan fingerprint density at radius 3 is 2.45 bits per heavy atom. The van der Waals surface area contributed by atoms with E-state index in [-0.39, 0.29) is 0 Å². The summed E-state index contributed by atoms with van der Waals surface area (Å²) >= 11 is 0. The molecular formula is C9H16O2. The number of hydrogen-bond donors (Lipinski definition) is 2. The van der Waals surface area contributed by atoms with Gasteiger partial charge in [-0.05, 0) is 26.7 Å². The fraction of sp³-hybridized carbons (Fsp3) is 0.778. The first kappa shape index (κ1) is 10.5. The lowest BCUT2D eigenvalue weighted by Gasteiger charge is -2.23. The highest BCUT2D eigenvalue weighted by Gasteiger charge is 2.23. The van der Waals surface area contributed by atoms with Crippen molar-refractivity contribution in [3.63, 3.8) is 0 Å². The molecule has 1 atom stereocenters. The van der Waals surface area contributed by atoms with E-state index in [2.05, 4.69) is 5.92 Å². The smallest absolute Gasteiger partial charge is 0.0849 e. The van der Waals surface area contributed by atoms with Gasteiger partial charge in [0, 0.05) is 6.42 Å². The third kappa shape index (κ3) is 4.83. The van der Waals surface area contributed by atoms with Crippen LogP contribution in [0.25, 0.3) is 0 Å². The van der Waals surface area contributed by atoms with Gasteiger partial charge in [0.25, 0.3) is 0 Å². The number of terminal acetylenes is 1. The van der Waals surface area contributed by atoms with Gasteiger partial charge in [0.15, 0.2) is 0 Å². The van der Waals surface area contributed by atoms with Crippen LogP contribution < -0.4 is 0 Å². The Hall–Kier alpha value is -0.520. The largest absolute Gasteiger partial charge is 0.390 e. The second kappa shape index (κ2) is 4.38. The van der Waals surface area contributed by atoms with E-state index in [0.29, 0.717) is 12.8 Å². The van der Waals surface area contributed by atoms with Crippen LogP contribution in [0, 0.1) is 12.3 Å². The third-order valence-electron chi connectivity index (χ3n) is 1.61. The Labute approximate surface area is 68.2 Å². The van der Waals surface area contributed by atoms with E-state index in [1.54, 1.807) is 13.8 Å². The predicted octanol–water partition coefficient (Wildman–Crippen LogP) is 0.922. The molecule has 0 spiro atoms. The molecule has 0 aliphatic carbocycles. The maximum absolute atomic E-state index is 9.29. The van der Waals surface area contributed by atoms with Gasteiger partial charge in [0.1, 0.15) is 0 Å². The molecule has 0 saturated heterocycles. The molecule has 0 saturated carbocycles. The molecule has 64 valence electrons. The first-order valence-electron chi connectivity index (χ1n) is 3.82. The second-order valence-corrected chi connectivity index (χ2v) is 3.27. The molecule has 2 nitrogen and oxygen atoms in total. The van der Waals surface area contributed by atoms with Gasteiger partial charge in [-0.25, -0.2) is 0 Å². The van der Waals surface area contributed by atoms with Crippen LogP contribution in [0.15, 0.2) is 0 Å². The summed E-state index contributed by atoms with van der Waals surface area (Å²) in [4.78, 5) is 0. The first-order valence-corrected chi connectivity index (χ1v) is 3.82. The van der Waals surface area contributed by atoms with Gasteiger partial charge in [-0.2, -0.15) is 0 Å². The minimum atomic E-state index is -1.01. The van der Waals surface area contributed by atoms with Gasteiger partial charge in [-0.15, -0.1) is 12.3 Å². The molecule has 0 heterocycles. The number of hydrogen-bond acceptors (Lipinski definition) is 2. The van der Waals surface area contributed by atoms with E-state index < -0.39 is 11.7 Å². The molecule has 0 aromatic carbocycles. The van der Waals surface area contributed by atoms with Gasteiger partial charge < -0.3 is 10.2 Å². The summed E-state index contributed by atoms with van der Waals surface area (Å²) in [6.45, 7) is 3.18. The minimum absolute atomic E-state index is 0.563. The van der Waals surface area contributed by atoms with E-state index >= 15 is 0 Å². The lowest BCUT2D eigenvalue weighted by Crippen LogP contribution is -2.35. The Morgan fingerprint density at radius 2 is 2.09 bits per heavy atom. The van der Waals surface area contributed by atoms with Crippen LogP contribution in [0.3, 0.4) is 0 Å². The maximum atomic E-state index is 9.29. The van der Waals surface area contributed by atoms with Crippen molar-refractivity contribution in [1.82, 2.24) is 0 Å². The molecule has 0 aliphatic rings. The highest BCUT2D eigenvalue weighted by Crippen LogP contribution is 2.13. The molecule has 0 bridgehead atoms. The summed E-state index contributed by atoms with van der Waals surface area (Å²) in [5.74, 6) is 2.48. The van der Waals surface area contributed by atoms with Crippen LogP contribution in [0.1, 0.15) is 33.1 Å². The van der Waals surface area contributed by atoms with Gasteiger partial charge in [-0.3, -0.25) is 0 Å². The molecule has 2 N–H and O–H groups in total. The van der Waals surface area contributed by atoms with Crippen molar-refractivity contribution < 1.29 is 10.2 Å². The highest BCUT2D eigenvalue weighted by atomic mass is 16.3. The molecule has 1 unspecified atom stereocenters. The van der Waals surface area contributed by atoms with E-state index in [0.717, 1.165) is 6.42 Å². The quantitative estimate of drug-likeness (QED) is 0.469. The minimum Gasteiger partial charge on any atom is -0.390 e. The van der Waals surface area contributed by atoms with Crippen LogP contribution in [0.2, 0.25) is 0 Å². The number of aliphatic hydroxyl groups is 2. The molecule has 0 amide bonds. The van der Waals surface area contributed by atoms with Gasteiger partial charge >= 0.3 is 0 Å². The summed E-state index contributed by atoms with van der Waals surface area (Å²) in [6.07, 6.45) is 6.35. The molecular weight excluding hydrogens is 140 g/mol. The van der Waals surface area contributed by atoms with Crippen molar-refractivity contribution in [2.45, 2.75) is 44.8 Å². The van der Waals surface area contributed by atoms with Crippen molar-refractivity contribution in [2.75, 3.05) is 0 Å². The van der Waals surface area contributed by atoms with Crippen LogP contribution in [-0.4, -0.2) is 21.9 Å². The van der Waals surface area contributed by atoms with E-state index in [1.165, 1.54) is 0 Å². The fourth-order valence-corrected chi connectivity index (χ4v) is 0.751. The monoisotopic (exact) mass is 156 g/mol. The molecule has 0 radical (unpaired) electrons. The fourth-order valence-electron chi connectivity index (χ4n) is 0.751. The first-order chi connectivity index (χ1) is 4.98. The normalized spacial score (nSPS) is 14.1. The molecule has 0 aliphatic heterocycles. The Morgan fingerprint density at radius 1 is 1.55 bits per heavy atom. The summed E-state index contributed by atoms with van der Waals surface area (Å²) in [5, 5.41) is 18.6. The summed E-state index contributed by atoms with van der Waals surface area (Å²) in [5.41, 5.74) is -1.01. The second-order valence-electron chi connectivity index (χ2n) is 3.27. The lowest BCUT2D eigenvalue weighted by atomic mass is 9.97. The molecule has 0 rings (SSSR count). The number of aliphatic hydroxyl groups excluding tert-OH is 1. The topological polar surface area (TPSA) is 40.5 Å². The highest BCUT2D eigenvalue weighted by molar-refractivity contribution is 4.84. The van der Waals surface area contributed by atoms with Crippen molar-refractivity contribution in [2.24, 2.45) is 0 Å². The van der Waals surface area contributed by atoms with Crippen LogP contribution in [0.5, 0.6) is 0 Å². The summed E-state index contributed by atoms with van der Waals surface area (Å²) in [7, 11) is 0. The van der Waals surface area contributed by atoms with Gasteiger partial charge in [-0.1, -0.05) is 0 Å². The van der Waals surface area contributed by atoms with E-state index in [9.17, 15) is 10.2 Å². The maximum Gasteiger partial charge on any atom is 0.0849 e.